The maximum absolute atomic E-state index is 11.2. The molecule has 4 heteroatoms. The van der Waals surface area contributed by atoms with Gasteiger partial charge in [0.05, 0.1) is 0 Å². The third-order valence-corrected chi connectivity index (χ3v) is 11.2. The van der Waals surface area contributed by atoms with E-state index < -0.39 is 0 Å². The summed E-state index contributed by atoms with van der Waals surface area (Å²) in [6.07, 6.45) is 1.89. The van der Waals surface area contributed by atoms with Crippen molar-refractivity contribution in [2.24, 2.45) is 0 Å². The van der Waals surface area contributed by atoms with E-state index in [4.69, 9.17) is 0 Å². The van der Waals surface area contributed by atoms with Crippen molar-refractivity contribution in [3.63, 3.8) is 0 Å². The number of rotatable bonds is 6. The highest BCUT2D eigenvalue weighted by Gasteiger charge is 2.35. The predicted molar refractivity (Wildman–Crippen MR) is 235 cm³/mol. The molecule has 0 amide bonds. The molecule has 0 saturated heterocycles. The lowest BCUT2D eigenvalue weighted by atomic mass is 9.69. The van der Waals surface area contributed by atoms with E-state index in [2.05, 4.69) is 128 Å². The normalized spacial score (nSPS) is 12.9. The molecule has 0 aliphatic carbocycles. The minimum Gasteiger partial charge on any atom is -0.507 e. The van der Waals surface area contributed by atoms with Crippen LogP contribution in [0.3, 0.4) is 0 Å². The van der Waals surface area contributed by atoms with Crippen molar-refractivity contribution in [2.75, 3.05) is 0 Å². The van der Waals surface area contributed by atoms with Crippen LogP contribution in [0.25, 0.3) is 0 Å². The van der Waals surface area contributed by atoms with Gasteiger partial charge in [-0.1, -0.05) is 170 Å². The lowest BCUT2D eigenvalue weighted by Crippen LogP contribution is -2.26. The molecule has 0 unspecified atom stereocenters. The zero-order valence-corrected chi connectivity index (χ0v) is 37.9. The molecule has 0 aliphatic rings. The summed E-state index contributed by atoms with van der Waals surface area (Å²) < 4.78 is 0. The Labute approximate surface area is 335 Å². The average Bonchev–Trinajstić information content (AvgIpc) is 3.01. The molecule has 0 aliphatic heterocycles. The summed E-state index contributed by atoms with van der Waals surface area (Å²) in [4.78, 5) is 0. The molecule has 0 radical (unpaired) electrons. The van der Waals surface area contributed by atoms with Gasteiger partial charge in [0.25, 0.3) is 0 Å². The molecular weight excluding hydrogens is 677 g/mol. The molecule has 0 heterocycles. The molecule has 55 heavy (non-hydrogen) atoms. The van der Waals surface area contributed by atoms with Gasteiger partial charge in [0.15, 0.2) is 0 Å². The third-order valence-electron chi connectivity index (χ3n) is 11.2. The van der Waals surface area contributed by atoms with Crippen LogP contribution in [0, 0.1) is 27.7 Å². The quantitative estimate of drug-likeness (QED) is 0.158. The van der Waals surface area contributed by atoms with Crippen LogP contribution in [0.5, 0.6) is 23.0 Å². The minimum absolute atomic E-state index is 0.0159. The van der Waals surface area contributed by atoms with Crippen molar-refractivity contribution in [2.45, 2.75) is 177 Å². The summed E-state index contributed by atoms with van der Waals surface area (Å²) in [5.74, 6) is 1.53. The van der Waals surface area contributed by atoms with Crippen molar-refractivity contribution in [1.29, 1.82) is 0 Å². The number of benzene rings is 4. The fraction of sp³-hybridized carbons (Fsp3) is 0.529. The first-order valence-electron chi connectivity index (χ1n) is 20.2. The summed E-state index contributed by atoms with van der Waals surface area (Å²) >= 11 is 0. The Kier molecular flexibility index (Phi) is 13.2. The molecule has 4 aromatic carbocycles. The number of aryl methyl sites for hydroxylation is 4. The fourth-order valence-electron chi connectivity index (χ4n) is 7.73. The summed E-state index contributed by atoms with van der Waals surface area (Å²) in [5, 5.41) is 43.5. The summed E-state index contributed by atoms with van der Waals surface area (Å²) in [7, 11) is 0. The van der Waals surface area contributed by atoms with E-state index >= 15 is 0 Å². The van der Waals surface area contributed by atoms with E-state index in [0.29, 0.717) is 23.0 Å². The number of phenolic OH excluding ortho intramolecular Hbond substituents is 4. The Hall–Kier alpha value is -3.92. The number of phenols is 4. The molecular formula is C51H74O4. The third kappa shape index (κ3) is 10.1. The highest BCUT2D eigenvalue weighted by Crippen LogP contribution is 2.47. The van der Waals surface area contributed by atoms with Crippen LogP contribution in [0.4, 0.5) is 0 Å². The van der Waals surface area contributed by atoms with Crippen molar-refractivity contribution in [3.8, 4) is 23.0 Å². The van der Waals surface area contributed by atoms with Gasteiger partial charge in [0.2, 0.25) is 0 Å². The highest BCUT2D eigenvalue weighted by atomic mass is 16.3. The largest absolute Gasteiger partial charge is 0.507 e. The Morgan fingerprint density at radius 3 is 0.927 bits per heavy atom. The lowest BCUT2D eigenvalue weighted by Gasteiger charge is -2.35. The fourth-order valence-corrected chi connectivity index (χ4v) is 7.73. The number of hydrogen-bond donors (Lipinski definition) is 4. The molecule has 4 rings (SSSR count). The van der Waals surface area contributed by atoms with E-state index in [1.165, 1.54) is 11.1 Å². The van der Waals surface area contributed by atoms with Crippen LogP contribution in [0.15, 0.2) is 48.5 Å². The zero-order valence-electron chi connectivity index (χ0n) is 37.9. The predicted octanol–water partition coefficient (Wildman–Crippen LogP) is 13.9. The molecule has 0 saturated carbocycles. The monoisotopic (exact) mass is 751 g/mol. The lowest BCUT2D eigenvalue weighted by molar-refractivity contribution is 0.420. The number of aromatic hydroxyl groups is 4. The Balaban J connectivity index is 0.000000320. The molecule has 0 atom stereocenters. The average molecular weight is 751 g/mol. The van der Waals surface area contributed by atoms with Crippen LogP contribution in [-0.2, 0) is 27.1 Å². The highest BCUT2D eigenvalue weighted by molar-refractivity contribution is 5.57. The summed E-state index contributed by atoms with van der Waals surface area (Å²) in [5.41, 5.74) is 11.1. The maximum Gasteiger partial charge on any atom is 0.123 e. The molecule has 302 valence electrons. The first-order chi connectivity index (χ1) is 24.8. The van der Waals surface area contributed by atoms with Crippen LogP contribution in [0.2, 0.25) is 0 Å². The van der Waals surface area contributed by atoms with Gasteiger partial charge < -0.3 is 20.4 Å². The SMILES string of the molecule is CC(C)(C)c1cc(C(C)(C)c2cc(C(C)(C)C)c(O)c(C(C)(C)C)c2)cc(C(C)(C)C)c1O.CCCC(c1cc(C)cc(C)c1O)c1cc(C)cc(C)c1O. The topological polar surface area (TPSA) is 80.9 Å². The standard InChI is InChI=1S/C31H48O2.C20H26O2/c1-27(2,3)21-15-19(16-22(25(21)32)28(4,5)6)31(13,14)20-17-23(29(7,8)9)26(33)24(18-20)30(10,11)12;1-6-7-16(17-10-12(2)8-14(4)19(17)21)18-11-13(3)9-15(5)20(18)22/h15-18,32-33H,1-14H3;8-11,16,21-22H,6-7H2,1-5H3. The van der Waals surface area contributed by atoms with Crippen LogP contribution >= 0.6 is 0 Å². The van der Waals surface area contributed by atoms with Crippen molar-refractivity contribution in [3.05, 3.63) is 115 Å². The van der Waals surface area contributed by atoms with E-state index in [0.717, 1.165) is 68.5 Å². The van der Waals surface area contributed by atoms with Crippen LogP contribution in [0.1, 0.15) is 189 Å². The van der Waals surface area contributed by atoms with Crippen LogP contribution < -0.4 is 0 Å². The Bertz CT molecular complexity index is 1790. The van der Waals surface area contributed by atoms with E-state index in [-0.39, 0.29) is 33.0 Å². The van der Waals surface area contributed by atoms with Gasteiger partial charge in [-0.3, -0.25) is 0 Å². The molecule has 4 N–H and O–H groups in total. The zero-order chi connectivity index (χ0) is 42.4. The Morgan fingerprint density at radius 1 is 0.418 bits per heavy atom. The first kappa shape index (κ1) is 45.5. The molecule has 0 bridgehead atoms. The Morgan fingerprint density at radius 2 is 0.691 bits per heavy atom. The van der Waals surface area contributed by atoms with Gasteiger partial charge in [-0.15, -0.1) is 0 Å². The second-order valence-corrected chi connectivity index (χ2v) is 20.8. The van der Waals surface area contributed by atoms with E-state index in [9.17, 15) is 20.4 Å². The van der Waals surface area contributed by atoms with Crippen LogP contribution in [-0.4, -0.2) is 20.4 Å². The molecule has 0 fully saturated rings. The second-order valence-electron chi connectivity index (χ2n) is 20.8. The van der Waals surface area contributed by atoms with Gasteiger partial charge in [-0.05, 0) is 100 Å². The van der Waals surface area contributed by atoms with Crippen molar-refractivity contribution >= 4 is 0 Å². The molecule has 0 spiro atoms. The van der Waals surface area contributed by atoms with Crippen molar-refractivity contribution < 1.29 is 20.4 Å². The molecule has 4 aromatic rings. The van der Waals surface area contributed by atoms with Gasteiger partial charge in [-0.25, -0.2) is 0 Å². The summed E-state index contributed by atoms with van der Waals surface area (Å²) in [6, 6.07) is 16.8. The van der Waals surface area contributed by atoms with Gasteiger partial charge in [-0.2, -0.15) is 0 Å². The van der Waals surface area contributed by atoms with Gasteiger partial charge >= 0.3 is 0 Å². The first-order valence-corrected chi connectivity index (χ1v) is 20.2. The number of hydrogen-bond acceptors (Lipinski definition) is 4. The van der Waals surface area contributed by atoms with E-state index in [1.54, 1.807) is 0 Å². The van der Waals surface area contributed by atoms with Crippen molar-refractivity contribution in [1.82, 2.24) is 0 Å². The van der Waals surface area contributed by atoms with Gasteiger partial charge in [0.1, 0.15) is 23.0 Å². The molecule has 4 nitrogen and oxygen atoms in total. The second kappa shape index (κ2) is 15.9. The van der Waals surface area contributed by atoms with E-state index in [1.807, 2.05) is 52.0 Å². The minimum atomic E-state index is -0.318. The molecule has 0 aromatic heterocycles. The summed E-state index contributed by atoms with van der Waals surface area (Å²) in [6.45, 7) is 40.4. The maximum atomic E-state index is 11.2. The van der Waals surface area contributed by atoms with Gasteiger partial charge in [0, 0.05) is 22.5 Å². The smallest absolute Gasteiger partial charge is 0.123 e.